The molecule has 1 aromatic heterocycles. The molecule has 0 aliphatic rings. The maximum absolute atomic E-state index is 11.5. The average Bonchev–Trinajstić information content (AvgIpc) is 2.38. The predicted molar refractivity (Wildman–Crippen MR) is 78.4 cm³/mol. The molecule has 0 unspecified atom stereocenters. The third-order valence-corrected chi connectivity index (χ3v) is 3.22. The first-order chi connectivity index (χ1) is 9.51. The summed E-state index contributed by atoms with van der Waals surface area (Å²) in [4.78, 5) is 11.5. The Morgan fingerprint density at radius 1 is 1.15 bits per heavy atom. The molecule has 0 spiro atoms. The Morgan fingerprint density at radius 3 is 2.35 bits per heavy atom. The maximum Gasteiger partial charge on any atom is 0.336 e. The molecule has 0 atom stereocenters. The Kier molecular flexibility index (Phi) is 3.66. The van der Waals surface area contributed by atoms with E-state index in [-0.39, 0.29) is 17.1 Å². The molecule has 1 heterocycles. The summed E-state index contributed by atoms with van der Waals surface area (Å²) >= 11 is 0. The van der Waals surface area contributed by atoms with Gasteiger partial charge in [0, 0.05) is 17.2 Å². The molecule has 4 nitrogen and oxygen atoms in total. The van der Waals surface area contributed by atoms with Crippen LogP contribution in [0.3, 0.4) is 0 Å². The summed E-state index contributed by atoms with van der Waals surface area (Å²) in [6, 6.07) is 1.31. The van der Waals surface area contributed by atoms with E-state index in [0.29, 0.717) is 34.9 Å². The van der Waals surface area contributed by atoms with Crippen LogP contribution in [0, 0.1) is 6.92 Å². The monoisotopic (exact) mass is 272 g/mol. The molecule has 0 bridgehead atoms. The lowest BCUT2D eigenvalue weighted by Gasteiger charge is -2.14. The minimum absolute atomic E-state index is 0.0773. The molecule has 2 rings (SSSR count). The van der Waals surface area contributed by atoms with Crippen LogP contribution in [-0.2, 0) is 12.8 Å². The quantitative estimate of drug-likeness (QED) is 0.663. The Hall–Kier alpha value is -2.49. The van der Waals surface area contributed by atoms with Gasteiger partial charge in [-0.25, -0.2) is 4.79 Å². The number of rotatable bonds is 4. The lowest BCUT2D eigenvalue weighted by atomic mass is 9.96. The number of phenols is 2. The summed E-state index contributed by atoms with van der Waals surface area (Å²) in [6.45, 7) is 8.96. The molecule has 2 N–H and O–H groups in total. The third kappa shape index (κ3) is 2.09. The van der Waals surface area contributed by atoms with E-state index < -0.39 is 5.63 Å². The summed E-state index contributed by atoms with van der Waals surface area (Å²) in [5.74, 6) is -0.157. The first-order valence-corrected chi connectivity index (χ1v) is 6.23. The molecule has 0 radical (unpaired) electrons. The molecular weight excluding hydrogens is 256 g/mol. The second-order valence-corrected chi connectivity index (χ2v) is 4.59. The van der Waals surface area contributed by atoms with Crippen molar-refractivity contribution in [3.63, 3.8) is 0 Å². The normalized spacial score (nSPS) is 10.7. The first kappa shape index (κ1) is 13.9. The molecule has 0 aliphatic heterocycles. The zero-order valence-corrected chi connectivity index (χ0v) is 11.3. The van der Waals surface area contributed by atoms with Crippen molar-refractivity contribution in [2.75, 3.05) is 0 Å². The standard InChI is InChI=1S/C16H16O4/c1-4-6-10-14(18)11(7-5-2)16-13(15(10)19)9(3)8-12(17)20-16/h4-5,8,18-19H,1-2,6-7H2,3H3. The van der Waals surface area contributed by atoms with Crippen LogP contribution >= 0.6 is 0 Å². The van der Waals surface area contributed by atoms with Gasteiger partial charge in [-0.3, -0.25) is 0 Å². The topological polar surface area (TPSA) is 70.7 Å². The van der Waals surface area contributed by atoms with Gasteiger partial charge in [0.15, 0.2) is 0 Å². The Labute approximate surface area is 116 Å². The summed E-state index contributed by atoms with van der Waals surface area (Å²) in [5, 5.41) is 21.1. The highest BCUT2D eigenvalue weighted by molar-refractivity contribution is 5.92. The maximum atomic E-state index is 11.5. The molecule has 2 aromatic rings. The summed E-state index contributed by atoms with van der Waals surface area (Å²) in [5.41, 5.74) is 1.12. The molecule has 0 aliphatic carbocycles. The summed E-state index contributed by atoms with van der Waals surface area (Å²) in [6.07, 6.45) is 3.84. The van der Waals surface area contributed by atoms with Crippen LogP contribution < -0.4 is 5.63 Å². The van der Waals surface area contributed by atoms with Crippen molar-refractivity contribution in [3.05, 3.63) is 58.5 Å². The summed E-state index contributed by atoms with van der Waals surface area (Å²) in [7, 11) is 0. The highest BCUT2D eigenvalue weighted by Gasteiger charge is 2.20. The fourth-order valence-corrected chi connectivity index (χ4v) is 2.34. The minimum atomic E-state index is -0.518. The van der Waals surface area contributed by atoms with Crippen molar-refractivity contribution in [2.45, 2.75) is 19.8 Å². The van der Waals surface area contributed by atoms with Gasteiger partial charge in [0.1, 0.15) is 17.1 Å². The molecule has 20 heavy (non-hydrogen) atoms. The van der Waals surface area contributed by atoms with Crippen LogP contribution in [0.25, 0.3) is 11.0 Å². The van der Waals surface area contributed by atoms with Crippen LogP contribution in [0.15, 0.2) is 40.6 Å². The van der Waals surface area contributed by atoms with E-state index in [1.807, 2.05) is 0 Å². The Balaban J connectivity index is 3.02. The van der Waals surface area contributed by atoms with Crippen LogP contribution in [-0.4, -0.2) is 10.2 Å². The first-order valence-electron chi connectivity index (χ1n) is 6.23. The van der Waals surface area contributed by atoms with E-state index in [2.05, 4.69) is 13.2 Å². The van der Waals surface area contributed by atoms with E-state index in [1.54, 1.807) is 19.1 Å². The number of aryl methyl sites for hydroxylation is 1. The molecule has 0 fully saturated rings. The molecular formula is C16H16O4. The fourth-order valence-electron chi connectivity index (χ4n) is 2.34. The van der Waals surface area contributed by atoms with Crippen molar-refractivity contribution in [1.29, 1.82) is 0 Å². The lowest BCUT2D eigenvalue weighted by Crippen LogP contribution is -2.02. The molecule has 1 aromatic carbocycles. The number of fused-ring (bicyclic) bond motifs is 1. The van der Waals surface area contributed by atoms with Crippen LogP contribution in [0.5, 0.6) is 11.5 Å². The van der Waals surface area contributed by atoms with Gasteiger partial charge in [0.05, 0.1) is 5.39 Å². The molecule has 0 amide bonds. The van der Waals surface area contributed by atoms with E-state index in [9.17, 15) is 15.0 Å². The smallest absolute Gasteiger partial charge is 0.336 e. The number of aromatic hydroxyl groups is 2. The van der Waals surface area contributed by atoms with Gasteiger partial charge in [-0.1, -0.05) is 12.2 Å². The second-order valence-electron chi connectivity index (χ2n) is 4.59. The Morgan fingerprint density at radius 2 is 1.75 bits per heavy atom. The Bertz CT molecular complexity index is 753. The number of allylic oxidation sites excluding steroid dienone is 2. The molecule has 0 saturated heterocycles. The van der Waals surface area contributed by atoms with Gasteiger partial charge in [-0.05, 0) is 25.3 Å². The molecule has 4 heteroatoms. The van der Waals surface area contributed by atoms with Gasteiger partial charge in [0.2, 0.25) is 0 Å². The van der Waals surface area contributed by atoms with Gasteiger partial charge in [-0.2, -0.15) is 0 Å². The van der Waals surface area contributed by atoms with E-state index in [1.165, 1.54) is 6.07 Å². The second kappa shape index (κ2) is 5.25. The third-order valence-electron chi connectivity index (χ3n) is 3.22. The zero-order chi connectivity index (χ0) is 14.9. The SMILES string of the molecule is C=CCc1c(O)c(CC=C)c2oc(=O)cc(C)c2c1O. The number of hydrogen-bond donors (Lipinski definition) is 2. The van der Waals surface area contributed by atoms with E-state index >= 15 is 0 Å². The van der Waals surface area contributed by atoms with Gasteiger partial charge >= 0.3 is 5.63 Å². The van der Waals surface area contributed by atoms with Gasteiger partial charge in [0.25, 0.3) is 0 Å². The number of benzene rings is 1. The summed E-state index contributed by atoms with van der Waals surface area (Å²) < 4.78 is 5.17. The average molecular weight is 272 g/mol. The van der Waals surface area contributed by atoms with E-state index in [0.717, 1.165) is 0 Å². The van der Waals surface area contributed by atoms with Gasteiger partial charge < -0.3 is 14.6 Å². The van der Waals surface area contributed by atoms with Crippen molar-refractivity contribution in [3.8, 4) is 11.5 Å². The number of hydrogen-bond acceptors (Lipinski definition) is 4. The predicted octanol–water partition coefficient (Wildman–Crippen LogP) is 2.97. The van der Waals surface area contributed by atoms with Gasteiger partial charge in [-0.15, -0.1) is 13.2 Å². The zero-order valence-electron chi connectivity index (χ0n) is 11.3. The van der Waals surface area contributed by atoms with E-state index in [4.69, 9.17) is 4.42 Å². The van der Waals surface area contributed by atoms with Crippen molar-refractivity contribution < 1.29 is 14.6 Å². The lowest BCUT2D eigenvalue weighted by molar-refractivity contribution is 0.437. The van der Waals surface area contributed by atoms with Crippen molar-refractivity contribution in [2.24, 2.45) is 0 Å². The minimum Gasteiger partial charge on any atom is -0.507 e. The van der Waals surface area contributed by atoms with Crippen molar-refractivity contribution in [1.82, 2.24) is 0 Å². The van der Waals surface area contributed by atoms with Crippen LogP contribution in [0.4, 0.5) is 0 Å². The van der Waals surface area contributed by atoms with Crippen LogP contribution in [0.2, 0.25) is 0 Å². The highest BCUT2D eigenvalue weighted by atomic mass is 16.4. The van der Waals surface area contributed by atoms with Crippen molar-refractivity contribution >= 4 is 11.0 Å². The molecule has 104 valence electrons. The molecule has 0 saturated carbocycles. The largest absolute Gasteiger partial charge is 0.507 e. The fraction of sp³-hybridized carbons (Fsp3) is 0.188. The van der Waals surface area contributed by atoms with Crippen LogP contribution in [0.1, 0.15) is 16.7 Å². The highest BCUT2D eigenvalue weighted by Crippen LogP contribution is 2.41. The number of phenolic OH excluding ortho intramolecular Hbond substituents is 2.